The van der Waals surface area contributed by atoms with E-state index in [2.05, 4.69) is 4.74 Å². The summed E-state index contributed by atoms with van der Waals surface area (Å²) in [5.41, 5.74) is 0. The van der Waals surface area contributed by atoms with Crippen LogP contribution >= 0.6 is 0 Å². The molecule has 0 atom stereocenters. The fourth-order valence-corrected chi connectivity index (χ4v) is 2.52. The zero-order valence-electron chi connectivity index (χ0n) is 8.81. The topological polar surface area (TPSA) is 63.6 Å². The predicted molar refractivity (Wildman–Crippen MR) is 56.7 cm³/mol. The number of sulfone groups is 1. The third kappa shape index (κ3) is 2.93. The van der Waals surface area contributed by atoms with Gasteiger partial charge in [-0.15, -0.1) is 0 Å². The third-order valence-electron chi connectivity index (χ3n) is 2.05. The normalized spacial score (nSPS) is 11.4. The van der Waals surface area contributed by atoms with Crippen LogP contribution in [0.15, 0.2) is 23.1 Å². The number of halogens is 1. The lowest BCUT2D eigenvalue weighted by atomic mass is 10.3. The minimum absolute atomic E-state index is 0.00103. The molecule has 0 heterocycles. The number of hydrogen-bond acceptors (Lipinski definition) is 4. The van der Waals surface area contributed by atoms with Crippen molar-refractivity contribution in [2.24, 2.45) is 0 Å². The van der Waals surface area contributed by atoms with E-state index in [1.54, 1.807) is 0 Å². The number of ether oxygens (including phenoxy) is 1. The molecule has 0 aliphatic rings. The first-order valence-electron chi connectivity index (χ1n) is 4.68. The lowest BCUT2D eigenvalue weighted by Crippen LogP contribution is -2.08. The Morgan fingerprint density at radius 3 is 2.62 bits per heavy atom. The van der Waals surface area contributed by atoms with E-state index in [1.165, 1.54) is 19.2 Å². The number of methoxy groups -OCH3 is 1. The van der Waals surface area contributed by atoms with Crippen molar-refractivity contribution in [3.63, 3.8) is 0 Å². The third-order valence-corrected chi connectivity index (χ3v) is 3.85. The SMILES string of the molecule is COc1ccc(S(=O)(=O)CCCO)cc1F. The molecule has 1 aromatic carbocycles. The molecule has 0 saturated heterocycles. The van der Waals surface area contributed by atoms with E-state index in [9.17, 15) is 12.8 Å². The summed E-state index contributed by atoms with van der Waals surface area (Å²) in [7, 11) is -2.22. The maximum absolute atomic E-state index is 13.3. The Kier molecular flexibility index (Phi) is 4.26. The highest BCUT2D eigenvalue weighted by atomic mass is 32.2. The molecule has 0 aliphatic heterocycles. The molecule has 0 spiro atoms. The van der Waals surface area contributed by atoms with E-state index in [-0.39, 0.29) is 29.4 Å². The molecule has 0 saturated carbocycles. The van der Waals surface area contributed by atoms with Crippen LogP contribution in [-0.4, -0.2) is 33.0 Å². The summed E-state index contributed by atoms with van der Waals surface area (Å²) in [6.07, 6.45) is 0.135. The van der Waals surface area contributed by atoms with Crippen LogP contribution in [0.5, 0.6) is 5.75 Å². The Labute approximate surface area is 93.6 Å². The van der Waals surface area contributed by atoms with Crippen LogP contribution in [0.4, 0.5) is 4.39 Å². The molecule has 0 radical (unpaired) electrons. The summed E-state index contributed by atoms with van der Waals surface area (Å²) in [6.45, 7) is -0.210. The Balaban J connectivity index is 3.01. The maximum atomic E-state index is 13.3. The number of aliphatic hydroxyl groups excluding tert-OH is 1. The van der Waals surface area contributed by atoms with Gasteiger partial charge in [0.2, 0.25) is 0 Å². The zero-order valence-corrected chi connectivity index (χ0v) is 9.63. The highest BCUT2D eigenvalue weighted by Gasteiger charge is 2.16. The molecule has 16 heavy (non-hydrogen) atoms. The van der Waals surface area contributed by atoms with Gasteiger partial charge < -0.3 is 9.84 Å². The molecule has 0 aliphatic carbocycles. The summed E-state index contributed by atoms with van der Waals surface area (Å²) in [6, 6.07) is 3.47. The quantitative estimate of drug-likeness (QED) is 0.844. The van der Waals surface area contributed by atoms with Crippen LogP contribution in [0, 0.1) is 5.82 Å². The van der Waals surface area contributed by atoms with Gasteiger partial charge in [-0.05, 0) is 24.6 Å². The first kappa shape index (κ1) is 12.9. The van der Waals surface area contributed by atoms with E-state index in [0.717, 1.165) is 6.07 Å². The molecule has 1 N–H and O–H groups in total. The second-order valence-corrected chi connectivity index (χ2v) is 5.30. The van der Waals surface area contributed by atoms with Crippen LogP contribution < -0.4 is 4.74 Å². The van der Waals surface area contributed by atoms with Gasteiger partial charge in [-0.25, -0.2) is 12.8 Å². The van der Waals surface area contributed by atoms with Gasteiger partial charge in [0.15, 0.2) is 21.4 Å². The van der Waals surface area contributed by atoms with E-state index >= 15 is 0 Å². The summed E-state index contributed by atoms with van der Waals surface area (Å²) in [4.78, 5) is -0.0979. The molecule has 4 nitrogen and oxygen atoms in total. The molecule has 0 unspecified atom stereocenters. The predicted octanol–water partition coefficient (Wildman–Crippen LogP) is 0.990. The summed E-state index contributed by atoms with van der Waals surface area (Å²) in [5, 5.41) is 8.55. The molecular weight excluding hydrogens is 235 g/mol. The van der Waals surface area contributed by atoms with Gasteiger partial charge in [0.05, 0.1) is 17.8 Å². The van der Waals surface area contributed by atoms with Crippen molar-refractivity contribution in [1.29, 1.82) is 0 Å². The van der Waals surface area contributed by atoms with Gasteiger partial charge in [-0.1, -0.05) is 0 Å². The second kappa shape index (κ2) is 5.27. The van der Waals surface area contributed by atoms with Crippen molar-refractivity contribution in [1.82, 2.24) is 0 Å². The highest BCUT2D eigenvalue weighted by molar-refractivity contribution is 7.91. The largest absolute Gasteiger partial charge is 0.494 e. The van der Waals surface area contributed by atoms with E-state index in [0.29, 0.717) is 0 Å². The van der Waals surface area contributed by atoms with Gasteiger partial charge in [0.25, 0.3) is 0 Å². The maximum Gasteiger partial charge on any atom is 0.178 e. The van der Waals surface area contributed by atoms with Crippen molar-refractivity contribution >= 4 is 9.84 Å². The van der Waals surface area contributed by atoms with E-state index < -0.39 is 15.7 Å². The lowest BCUT2D eigenvalue weighted by Gasteiger charge is -2.06. The van der Waals surface area contributed by atoms with Gasteiger partial charge in [0, 0.05) is 6.61 Å². The fourth-order valence-electron chi connectivity index (χ4n) is 1.21. The Hall–Kier alpha value is -1.14. The Morgan fingerprint density at radius 2 is 2.12 bits per heavy atom. The summed E-state index contributed by atoms with van der Waals surface area (Å²) < 4.78 is 41.2. The highest BCUT2D eigenvalue weighted by Crippen LogP contribution is 2.21. The van der Waals surface area contributed by atoms with Crippen molar-refractivity contribution in [3.8, 4) is 5.75 Å². The lowest BCUT2D eigenvalue weighted by molar-refractivity contribution is 0.295. The van der Waals surface area contributed by atoms with Crippen molar-refractivity contribution in [3.05, 3.63) is 24.0 Å². The number of rotatable bonds is 5. The van der Waals surface area contributed by atoms with E-state index in [4.69, 9.17) is 5.11 Å². The average Bonchev–Trinajstić information content (AvgIpc) is 2.26. The molecule has 0 aromatic heterocycles. The standard InChI is InChI=1S/C10H13FO4S/c1-15-10-4-3-8(7-9(10)11)16(13,14)6-2-5-12/h3-4,7,12H,2,5-6H2,1H3. The molecular formula is C10H13FO4S. The summed E-state index contributed by atoms with van der Waals surface area (Å²) in [5.74, 6) is -0.913. The molecule has 1 aromatic rings. The van der Waals surface area contributed by atoms with Crippen molar-refractivity contribution in [2.45, 2.75) is 11.3 Å². The Morgan fingerprint density at radius 1 is 1.44 bits per heavy atom. The number of aliphatic hydroxyl groups is 1. The first-order valence-corrected chi connectivity index (χ1v) is 6.33. The fraction of sp³-hybridized carbons (Fsp3) is 0.400. The minimum Gasteiger partial charge on any atom is -0.494 e. The minimum atomic E-state index is -3.53. The molecule has 0 bridgehead atoms. The zero-order chi connectivity index (χ0) is 12.2. The van der Waals surface area contributed by atoms with Gasteiger partial charge >= 0.3 is 0 Å². The molecule has 90 valence electrons. The molecule has 0 fully saturated rings. The molecule has 6 heteroatoms. The number of hydrogen-bond donors (Lipinski definition) is 1. The van der Waals surface area contributed by atoms with Crippen LogP contribution in [0.1, 0.15) is 6.42 Å². The van der Waals surface area contributed by atoms with Gasteiger partial charge in [-0.2, -0.15) is 0 Å². The first-order chi connectivity index (χ1) is 7.51. The van der Waals surface area contributed by atoms with Crippen LogP contribution in [-0.2, 0) is 9.84 Å². The van der Waals surface area contributed by atoms with Crippen molar-refractivity contribution in [2.75, 3.05) is 19.5 Å². The smallest absolute Gasteiger partial charge is 0.178 e. The molecule has 1 rings (SSSR count). The second-order valence-electron chi connectivity index (χ2n) is 3.19. The summed E-state index contributed by atoms with van der Waals surface area (Å²) >= 11 is 0. The van der Waals surface area contributed by atoms with E-state index in [1.807, 2.05) is 0 Å². The average molecular weight is 248 g/mol. The van der Waals surface area contributed by atoms with Gasteiger partial charge in [-0.3, -0.25) is 0 Å². The van der Waals surface area contributed by atoms with Crippen LogP contribution in [0.25, 0.3) is 0 Å². The van der Waals surface area contributed by atoms with Crippen LogP contribution in [0.2, 0.25) is 0 Å². The molecule has 0 amide bonds. The van der Waals surface area contributed by atoms with Crippen molar-refractivity contribution < 1.29 is 22.7 Å². The van der Waals surface area contributed by atoms with Crippen LogP contribution in [0.3, 0.4) is 0 Å². The van der Waals surface area contributed by atoms with Gasteiger partial charge in [0.1, 0.15) is 0 Å². The Bertz CT molecular complexity index is 456. The monoisotopic (exact) mass is 248 g/mol. The number of benzene rings is 1.